The summed E-state index contributed by atoms with van der Waals surface area (Å²) in [7, 11) is 0. The Labute approximate surface area is 282 Å². The lowest BCUT2D eigenvalue weighted by molar-refractivity contribution is -0.576. The third kappa shape index (κ3) is 6.24. The molecule has 2 bridgehead atoms. The maximum Gasteiger partial charge on any atom is 0.308 e. The topological polar surface area (TPSA) is 127 Å². The number of nitrogens with zero attached hydrogens (tertiary/aromatic N) is 2. The van der Waals surface area contributed by atoms with Crippen molar-refractivity contribution in [3.63, 3.8) is 0 Å². The molecule has 4 saturated heterocycles. The van der Waals surface area contributed by atoms with Crippen LogP contribution in [-0.2, 0) is 44.9 Å². The van der Waals surface area contributed by atoms with Gasteiger partial charge in [-0.25, -0.2) is 24.1 Å². The average Bonchev–Trinajstić information content (AvgIpc) is 3.30. The molecule has 0 amide bonds. The number of anilines is 2. The SMILES string of the molecule is C[C@H]1[C@H](OC(=O)CCCC(=O)OCc2ccc3ncnc(Nc4ccc(F)c(Cl)c4)c3c2)O[C@@H]2O[C@@]3(C)CC[C@H]4[C@H](C)CC[C@@H]1[C@@]24OO3. The van der Waals surface area contributed by atoms with E-state index in [1.54, 1.807) is 12.1 Å². The van der Waals surface area contributed by atoms with Crippen LogP contribution in [-0.4, -0.2) is 45.9 Å². The van der Waals surface area contributed by atoms with Gasteiger partial charge in [0.2, 0.25) is 12.1 Å². The van der Waals surface area contributed by atoms with Crippen molar-refractivity contribution in [1.82, 2.24) is 9.97 Å². The number of fused-ring (bicyclic) bond motifs is 3. The molecule has 5 aliphatic rings. The lowest BCUT2D eigenvalue weighted by atomic mass is 9.58. The Kier molecular flexibility index (Phi) is 9.05. The van der Waals surface area contributed by atoms with Crippen LogP contribution in [0.3, 0.4) is 0 Å². The van der Waals surface area contributed by atoms with E-state index >= 15 is 0 Å². The molecule has 3 aromatic rings. The molecule has 8 atom stereocenters. The molecule has 48 heavy (non-hydrogen) atoms. The predicted molar refractivity (Wildman–Crippen MR) is 171 cm³/mol. The van der Waals surface area contributed by atoms with Gasteiger partial charge in [0.25, 0.3) is 0 Å². The molecule has 5 fully saturated rings. The standard InChI is InChI=1S/C35H39ClFN3O8/c1-19-7-10-25-20(2)32(45-33-35(25)24(19)13-14-34(3,46-33)47-48-35)44-30(42)6-4-5-29(41)43-17-21-8-12-28-23(15-21)31(39-18-38-28)40-22-9-11-27(37)26(36)16-22/h8-9,11-12,15-16,18-20,24-25,32-33H,4-7,10,13-14,17H2,1-3H3,(H,38,39,40)/t19-,20-,24+,25+,32-,33-,34-,35-/m1/s1. The Morgan fingerprint density at radius 2 is 1.88 bits per heavy atom. The maximum atomic E-state index is 13.6. The average molecular weight is 684 g/mol. The molecule has 1 N–H and O–H groups in total. The number of rotatable bonds is 9. The number of nitrogens with one attached hydrogen (secondary N) is 1. The van der Waals surface area contributed by atoms with Crippen LogP contribution < -0.4 is 5.32 Å². The zero-order valence-electron chi connectivity index (χ0n) is 27.1. The number of benzene rings is 2. The van der Waals surface area contributed by atoms with E-state index in [-0.39, 0.29) is 48.6 Å². The number of hydrogen-bond donors (Lipinski definition) is 1. The summed E-state index contributed by atoms with van der Waals surface area (Å²) in [5.74, 6) is -1.25. The largest absolute Gasteiger partial charge is 0.461 e. The summed E-state index contributed by atoms with van der Waals surface area (Å²) < 4.78 is 37.6. The van der Waals surface area contributed by atoms with Gasteiger partial charge in [-0.05, 0) is 80.3 Å². The molecule has 0 unspecified atom stereocenters. The zero-order chi connectivity index (χ0) is 33.6. The van der Waals surface area contributed by atoms with Crippen molar-refractivity contribution in [2.75, 3.05) is 5.32 Å². The van der Waals surface area contributed by atoms with E-state index in [0.29, 0.717) is 34.7 Å². The second-order valence-corrected chi connectivity index (χ2v) is 14.0. The van der Waals surface area contributed by atoms with E-state index in [1.165, 1.54) is 18.5 Å². The summed E-state index contributed by atoms with van der Waals surface area (Å²) in [4.78, 5) is 46.1. The van der Waals surface area contributed by atoms with Gasteiger partial charge in [-0.1, -0.05) is 31.5 Å². The maximum absolute atomic E-state index is 13.6. The predicted octanol–water partition coefficient (Wildman–Crippen LogP) is 7.13. The van der Waals surface area contributed by atoms with E-state index in [4.69, 9.17) is 40.3 Å². The van der Waals surface area contributed by atoms with Gasteiger partial charge in [-0.15, -0.1) is 0 Å². The van der Waals surface area contributed by atoms with E-state index in [1.807, 2.05) is 26.0 Å². The first-order valence-electron chi connectivity index (χ1n) is 16.6. The summed E-state index contributed by atoms with van der Waals surface area (Å²) in [5, 5.41) is 3.81. The van der Waals surface area contributed by atoms with Crippen LogP contribution in [0.4, 0.5) is 15.9 Å². The highest BCUT2D eigenvalue weighted by atomic mass is 35.5. The summed E-state index contributed by atoms with van der Waals surface area (Å²) in [5.41, 5.74) is 1.23. The number of halogens is 2. The molecule has 1 spiro atoms. The minimum absolute atomic E-state index is 0.0120. The van der Waals surface area contributed by atoms with E-state index in [2.05, 4.69) is 22.2 Å². The fraction of sp³-hybridized carbons (Fsp3) is 0.543. The van der Waals surface area contributed by atoms with E-state index < -0.39 is 41.7 Å². The highest BCUT2D eigenvalue weighted by molar-refractivity contribution is 6.31. The second kappa shape index (κ2) is 13.1. The van der Waals surface area contributed by atoms with Gasteiger partial charge < -0.3 is 24.3 Å². The normalized spacial score (nSPS) is 32.3. The molecule has 1 aromatic heterocycles. The van der Waals surface area contributed by atoms with Crippen LogP contribution >= 0.6 is 11.6 Å². The molecular formula is C35H39ClFN3O8. The summed E-state index contributed by atoms with van der Waals surface area (Å²) >= 11 is 5.92. The first-order chi connectivity index (χ1) is 23.0. The molecule has 4 aliphatic heterocycles. The van der Waals surface area contributed by atoms with E-state index in [9.17, 15) is 14.0 Å². The van der Waals surface area contributed by atoms with Crippen LogP contribution in [0.1, 0.15) is 71.3 Å². The van der Waals surface area contributed by atoms with Gasteiger partial charge >= 0.3 is 11.9 Å². The monoisotopic (exact) mass is 683 g/mol. The summed E-state index contributed by atoms with van der Waals surface area (Å²) in [6.45, 7) is 6.15. The molecule has 8 rings (SSSR count). The Hall–Kier alpha value is -3.42. The van der Waals surface area contributed by atoms with Crippen molar-refractivity contribution >= 4 is 45.9 Å². The van der Waals surface area contributed by atoms with Gasteiger partial charge in [0.15, 0.2) is 11.9 Å². The van der Waals surface area contributed by atoms with Crippen molar-refractivity contribution in [3.8, 4) is 0 Å². The highest BCUT2D eigenvalue weighted by Crippen LogP contribution is 2.60. The number of ether oxygens (including phenoxy) is 4. The number of aromatic nitrogens is 2. The van der Waals surface area contributed by atoms with Crippen molar-refractivity contribution in [1.29, 1.82) is 0 Å². The van der Waals surface area contributed by atoms with Gasteiger partial charge in [-0.3, -0.25) is 9.59 Å². The Morgan fingerprint density at radius 3 is 2.71 bits per heavy atom. The first kappa shape index (κ1) is 33.1. The van der Waals surface area contributed by atoms with Crippen molar-refractivity contribution in [2.45, 2.75) is 96.3 Å². The Balaban J connectivity index is 0.913. The third-order valence-corrected chi connectivity index (χ3v) is 10.7. The molecule has 13 heteroatoms. The van der Waals surface area contributed by atoms with Gasteiger partial charge in [0.1, 0.15) is 24.6 Å². The zero-order valence-corrected chi connectivity index (χ0v) is 27.8. The van der Waals surface area contributed by atoms with Crippen LogP contribution in [0.25, 0.3) is 10.9 Å². The lowest BCUT2D eigenvalue weighted by Gasteiger charge is -2.59. The Morgan fingerprint density at radius 1 is 1.04 bits per heavy atom. The van der Waals surface area contributed by atoms with Crippen LogP contribution in [0.5, 0.6) is 0 Å². The molecule has 0 radical (unpaired) electrons. The molecule has 1 aliphatic carbocycles. The summed E-state index contributed by atoms with van der Waals surface area (Å²) in [6, 6.07) is 9.72. The number of hydrogen-bond acceptors (Lipinski definition) is 11. The minimum Gasteiger partial charge on any atom is -0.461 e. The van der Waals surface area contributed by atoms with Gasteiger partial charge in [-0.2, -0.15) is 0 Å². The van der Waals surface area contributed by atoms with Crippen molar-refractivity contribution in [2.24, 2.45) is 23.7 Å². The first-order valence-corrected chi connectivity index (χ1v) is 16.9. The van der Waals surface area contributed by atoms with Crippen LogP contribution in [0, 0.1) is 29.5 Å². The molecule has 1 saturated carbocycles. The molecule has 5 heterocycles. The number of carbonyl (C=O) groups excluding carboxylic acids is 2. The second-order valence-electron chi connectivity index (χ2n) is 13.6. The van der Waals surface area contributed by atoms with Gasteiger partial charge in [0, 0.05) is 42.2 Å². The Bertz CT molecular complexity index is 1710. The number of esters is 2. The highest BCUT2D eigenvalue weighted by Gasteiger charge is 2.69. The summed E-state index contributed by atoms with van der Waals surface area (Å²) in [6.07, 6.45) is 3.84. The van der Waals surface area contributed by atoms with Crippen molar-refractivity contribution in [3.05, 3.63) is 59.1 Å². The van der Waals surface area contributed by atoms with Crippen LogP contribution in [0.15, 0.2) is 42.7 Å². The smallest absolute Gasteiger partial charge is 0.308 e. The fourth-order valence-electron chi connectivity index (χ4n) is 7.81. The van der Waals surface area contributed by atoms with Gasteiger partial charge in [0.05, 0.1) is 10.5 Å². The van der Waals surface area contributed by atoms with Crippen LogP contribution in [0.2, 0.25) is 5.02 Å². The third-order valence-electron chi connectivity index (χ3n) is 10.4. The molecular weight excluding hydrogens is 645 g/mol. The van der Waals surface area contributed by atoms with Crippen molar-refractivity contribution < 1.29 is 42.7 Å². The quantitative estimate of drug-likeness (QED) is 0.183. The fourth-order valence-corrected chi connectivity index (χ4v) is 7.99. The number of carbonyl (C=O) groups is 2. The molecule has 256 valence electrons. The molecule has 11 nitrogen and oxygen atoms in total. The molecule has 2 aromatic carbocycles. The minimum atomic E-state index is -0.911. The van der Waals surface area contributed by atoms with E-state index in [0.717, 1.165) is 24.8 Å². The lowest BCUT2D eigenvalue weighted by Crippen LogP contribution is -2.70.